The molecule has 1 aromatic rings. The Morgan fingerprint density at radius 2 is 1.78 bits per heavy atom. The van der Waals surface area contributed by atoms with E-state index in [1.165, 1.54) is 25.7 Å². The molecule has 0 bridgehead atoms. The first-order valence-electron chi connectivity index (χ1n) is 9.03. The van der Waals surface area contributed by atoms with E-state index in [0.717, 1.165) is 29.2 Å². The minimum absolute atomic E-state index is 0.0197. The molecule has 2 fully saturated rings. The molecular formula is C19H22N2O4S2. The average Bonchev–Trinajstić information content (AvgIpc) is 2.87. The number of carbonyl (C=O) groups excluding carboxylic acids is 1. The lowest BCUT2D eigenvalue weighted by Gasteiger charge is -2.22. The van der Waals surface area contributed by atoms with Crippen LogP contribution < -0.4 is 4.90 Å². The molecule has 8 heteroatoms. The van der Waals surface area contributed by atoms with Gasteiger partial charge in [-0.25, -0.2) is 4.21 Å². The summed E-state index contributed by atoms with van der Waals surface area (Å²) in [6.45, 7) is 2.04. The van der Waals surface area contributed by atoms with Gasteiger partial charge < -0.3 is 10.0 Å². The molecule has 1 N–H and O–H groups in total. The van der Waals surface area contributed by atoms with Crippen LogP contribution in [0.1, 0.15) is 37.7 Å². The lowest BCUT2D eigenvalue weighted by Crippen LogP contribution is -2.31. The quantitative estimate of drug-likeness (QED) is 0.598. The Morgan fingerprint density at radius 1 is 1.15 bits per heavy atom. The van der Waals surface area contributed by atoms with Gasteiger partial charge in [0, 0.05) is 25.3 Å². The van der Waals surface area contributed by atoms with Crippen LogP contribution in [0.2, 0.25) is 0 Å². The standard InChI is InChI=1S/C19H22N2O4S2/c22-17(23)9-12-21-18(24)16(27(25)19(21)26)13-14-5-7-15(8-6-14)20-10-3-1-2-4-11-20/h5-8,13H,1-4,9-12H2,(H,22,23)/b16-13-. The minimum Gasteiger partial charge on any atom is -0.481 e. The molecule has 1 aromatic carbocycles. The van der Waals surface area contributed by atoms with Gasteiger partial charge in [0.2, 0.25) is 0 Å². The zero-order chi connectivity index (χ0) is 19.4. The Morgan fingerprint density at radius 3 is 2.37 bits per heavy atom. The third-order valence-electron chi connectivity index (χ3n) is 4.75. The summed E-state index contributed by atoms with van der Waals surface area (Å²) in [6, 6.07) is 7.84. The molecule has 2 aliphatic rings. The number of hydrogen-bond donors (Lipinski definition) is 1. The maximum atomic E-state index is 12.5. The summed E-state index contributed by atoms with van der Waals surface area (Å²) >= 11 is 5.07. The minimum atomic E-state index is -1.73. The molecule has 0 aliphatic carbocycles. The fraction of sp³-hybridized carbons (Fsp3) is 0.421. The first kappa shape index (κ1) is 19.7. The van der Waals surface area contributed by atoms with Crippen LogP contribution in [0, 0.1) is 0 Å². The van der Waals surface area contributed by atoms with Crippen molar-refractivity contribution in [3.8, 4) is 0 Å². The maximum Gasteiger partial charge on any atom is 0.305 e. The molecule has 0 saturated carbocycles. The maximum absolute atomic E-state index is 12.5. The second-order valence-corrected chi connectivity index (χ2v) is 8.65. The number of benzene rings is 1. The predicted octanol–water partition coefficient (Wildman–Crippen LogP) is 2.76. The Hall–Kier alpha value is -2.06. The molecular weight excluding hydrogens is 384 g/mol. The highest BCUT2D eigenvalue weighted by atomic mass is 32.2. The highest BCUT2D eigenvalue weighted by Gasteiger charge is 2.38. The molecule has 0 aromatic heterocycles. The van der Waals surface area contributed by atoms with Gasteiger partial charge in [0.25, 0.3) is 5.91 Å². The van der Waals surface area contributed by atoms with Crippen molar-refractivity contribution in [2.45, 2.75) is 32.1 Å². The van der Waals surface area contributed by atoms with E-state index < -0.39 is 22.7 Å². The van der Waals surface area contributed by atoms with E-state index in [0.29, 0.717) is 0 Å². The summed E-state index contributed by atoms with van der Waals surface area (Å²) in [7, 11) is -1.73. The smallest absolute Gasteiger partial charge is 0.305 e. The number of thiocarbonyl (C=S) groups is 1. The van der Waals surface area contributed by atoms with Gasteiger partial charge in [-0.3, -0.25) is 14.5 Å². The van der Waals surface area contributed by atoms with E-state index >= 15 is 0 Å². The first-order chi connectivity index (χ1) is 13.0. The van der Waals surface area contributed by atoms with Crippen LogP contribution in [-0.2, 0) is 20.4 Å². The highest BCUT2D eigenvalue weighted by molar-refractivity contribution is 8.16. The largest absolute Gasteiger partial charge is 0.481 e. The number of carbonyl (C=O) groups is 2. The van der Waals surface area contributed by atoms with Gasteiger partial charge in [-0.05, 0) is 48.8 Å². The predicted molar refractivity (Wildman–Crippen MR) is 110 cm³/mol. The van der Waals surface area contributed by atoms with Crippen LogP contribution >= 0.6 is 12.2 Å². The summed E-state index contributed by atoms with van der Waals surface area (Å²) in [5, 5.41) is 8.79. The van der Waals surface area contributed by atoms with Crippen LogP contribution in [0.3, 0.4) is 0 Å². The van der Waals surface area contributed by atoms with Gasteiger partial charge in [-0.2, -0.15) is 0 Å². The number of anilines is 1. The van der Waals surface area contributed by atoms with E-state index in [1.54, 1.807) is 6.08 Å². The number of aliphatic carboxylic acids is 1. The summed E-state index contributed by atoms with van der Waals surface area (Å²) in [6.07, 6.45) is 6.28. The molecule has 0 spiro atoms. The van der Waals surface area contributed by atoms with Crippen molar-refractivity contribution in [1.82, 2.24) is 4.90 Å². The van der Waals surface area contributed by atoms with Crippen molar-refractivity contribution in [2.75, 3.05) is 24.5 Å². The second kappa shape index (κ2) is 8.75. The summed E-state index contributed by atoms with van der Waals surface area (Å²) in [5.41, 5.74) is 1.92. The Labute approximate surface area is 166 Å². The van der Waals surface area contributed by atoms with Gasteiger partial charge in [-0.1, -0.05) is 25.0 Å². The van der Waals surface area contributed by atoms with Crippen LogP contribution in [0.15, 0.2) is 29.2 Å². The molecule has 2 aliphatic heterocycles. The summed E-state index contributed by atoms with van der Waals surface area (Å²) in [4.78, 5) is 26.8. The molecule has 1 atom stereocenters. The van der Waals surface area contributed by atoms with Crippen molar-refractivity contribution < 1.29 is 18.9 Å². The van der Waals surface area contributed by atoms with E-state index in [2.05, 4.69) is 4.90 Å². The van der Waals surface area contributed by atoms with Gasteiger partial charge in [0.15, 0.2) is 4.32 Å². The first-order valence-corrected chi connectivity index (χ1v) is 10.6. The molecule has 144 valence electrons. The van der Waals surface area contributed by atoms with Crippen LogP contribution in [0.5, 0.6) is 0 Å². The van der Waals surface area contributed by atoms with Gasteiger partial charge in [0.1, 0.15) is 15.7 Å². The van der Waals surface area contributed by atoms with E-state index in [4.69, 9.17) is 17.3 Å². The highest BCUT2D eigenvalue weighted by Crippen LogP contribution is 2.25. The Kier molecular flexibility index (Phi) is 6.38. The van der Waals surface area contributed by atoms with E-state index in [-0.39, 0.29) is 22.2 Å². The zero-order valence-electron chi connectivity index (χ0n) is 14.9. The van der Waals surface area contributed by atoms with Gasteiger partial charge in [-0.15, -0.1) is 0 Å². The Bertz CT molecular complexity index is 796. The molecule has 2 saturated heterocycles. The van der Waals surface area contributed by atoms with Crippen molar-refractivity contribution in [3.05, 3.63) is 34.7 Å². The third-order valence-corrected chi connectivity index (χ3v) is 6.65. The number of amides is 1. The Balaban J connectivity index is 1.75. The van der Waals surface area contributed by atoms with Crippen LogP contribution in [0.4, 0.5) is 5.69 Å². The molecule has 1 unspecified atom stereocenters. The van der Waals surface area contributed by atoms with Crippen LogP contribution in [0.25, 0.3) is 6.08 Å². The van der Waals surface area contributed by atoms with Crippen molar-refractivity contribution >= 4 is 51.0 Å². The van der Waals surface area contributed by atoms with E-state index in [9.17, 15) is 13.8 Å². The lowest BCUT2D eigenvalue weighted by molar-refractivity contribution is -0.137. The lowest BCUT2D eigenvalue weighted by atomic mass is 10.1. The topological polar surface area (TPSA) is 77.9 Å². The number of hydrogen-bond acceptors (Lipinski definition) is 5. The fourth-order valence-electron chi connectivity index (χ4n) is 3.27. The van der Waals surface area contributed by atoms with Crippen LogP contribution in [-0.4, -0.2) is 50.0 Å². The number of nitrogens with zero attached hydrogens (tertiary/aromatic N) is 2. The summed E-state index contributed by atoms with van der Waals surface area (Å²) in [5.74, 6) is -1.51. The normalized spacial score (nSPS) is 22.4. The van der Waals surface area contributed by atoms with Crippen molar-refractivity contribution in [1.29, 1.82) is 0 Å². The number of carboxylic acid groups (broad SMARTS) is 1. The molecule has 3 rings (SSSR count). The molecule has 0 radical (unpaired) electrons. The van der Waals surface area contributed by atoms with Gasteiger partial charge in [0.05, 0.1) is 6.42 Å². The van der Waals surface area contributed by atoms with Gasteiger partial charge >= 0.3 is 5.97 Å². The molecule has 27 heavy (non-hydrogen) atoms. The van der Waals surface area contributed by atoms with Crippen molar-refractivity contribution in [3.63, 3.8) is 0 Å². The zero-order valence-corrected chi connectivity index (χ0v) is 16.6. The third kappa shape index (κ3) is 4.62. The molecule has 6 nitrogen and oxygen atoms in total. The fourth-order valence-corrected chi connectivity index (χ4v) is 4.78. The van der Waals surface area contributed by atoms with Crippen molar-refractivity contribution in [2.24, 2.45) is 0 Å². The second-order valence-electron chi connectivity index (χ2n) is 6.64. The monoisotopic (exact) mass is 406 g/mol. The SMILES string of the molecule is O=C(O)CCN1C(=O)/C(=C/c2ccc(N3CCCCCC3)cc2)S(=O)C1=S. The molecule has 1 amide bonds. The average molecular weight is 407 g/mol. The number of rotatable bonds is 5. The van der Waals surface area contributed by atoms with E-state index in [1.807, 2.05) is 24.3 Å². The molecule has 2 heterocycles. The summed E-state index contributed by atoms with van der Waals surface area (Å²) < 4.78 is 12.4. The number of carboxylic acids is 1.